The fraction of sp³-hybridized carbons (Fsp3) is 0.167. The van der Waals surface area contributed by atoms with Gasteiger partial charge in [0, 0.05) is 0 Å². The SMILES string of the molecule is Cc1cc(Br)c(OCC(=O)N/N=C/c2ccc(OCC(=O)O)cc2)c(Br)c1. The molecule has 0 aliphatic rings. The van der Waals surface area contributed by atoms with Gasteiger partial charge in [0.25, 0.3) is 5.91 Å². The number of halogens is 2. The predicted molar refractivity (Wildman–Crippen MR) is 107 cm³/mol. The number of hydrazone groups is 1. The molecule has 2 rings (SSSR count). The number of amides is 1. The number of hydrogen-bond donors (Lipinski definition) is 2. The van der Waals surface area contributed by atoms with Crippen molar-refractivity contribution in [2.75, 3.05) is 13.2 Å². The molecule has 0 spiro atoms. The van der Waals surface area contributed by atoms with E-state index < -0.39 is 18.5 Å². The van der Waals surface area contributed by atoms with E-state index >= 15 is 0 Å². The summed E-state index contributed by atoms with van der Waals surface area (Å²) in [7, 11) is 0. The summed E-state index contributed by atoms with van der Waals surface area (Å²) in [6.45, 7) is 1.35. The van der Waals surface area contributed by atoms with Gasteiger partial charge in [0.05, 0.1) is 15.2 Å². The van der Waals surface area contributed by atoms with E-state index in [2.05, 4.69) is 42.4 Å². The molecule has 2 aromatic rings. The van der Waals surface area contributed by atoms with Crippen molar-refractivity contribution in [1.29, 1.82) is 0 Å². The Morgan fingerprint density at radius 3 is 2.33 bits per heavy atom. The van der Waals surface area contributed by atoms with Crippen molar-refractivity contribution < 1.29 is 24.2 Å². The zero-order chi connectivity index (χ0) is 19.8. The van der Waals surface area contributed by atoms with Crippen LogP contribution in [0.1, 0.15) is 11.1 Å². The van der Waals surface area contributed by atoms with Crippen molar-refractivity contribution >= 4 is 50.0 Å². The van der Waals surface area contributed by atoms with E-state index in [1.807, 2.05) is 19.1 Å². The van der Waals surface area contributed by atoms with Crippen LogP contribution >= 0.6 is 31.9 Å². The van der Waals surface area contributed by atoms with Crippen LogP contribution in [0.3, 0.4) is 0 Å². The molecule has 27 heavy (non-hydrogen) atoms. The summed E-state index contributed by atoms with van der Waals surface area (Å²) in [5, 5.41) is 12.4. The Balaban J connectivity index is 1.82. The third-order valence-electron chi connectivity index (χ3n) is 3.14. The molecule has 0 aromatic heterocycles. The number of aryl methyl sites for hydroxylation is 1. The van der Waals surface area contributed by atoms with Crippen LogP contribution in [0.15, 0.2) is 50.4 Å². The summed E-state index contributed by atoms with van der Waals surface area (Å²) < 4.78 is 12.0. The van der Waals surface area contributed by atoms with Gasteiger partial charge in [-0.05, 0) is 86.3 Å². The van der Waals surface area contributed by atoms with Crippen LogP contribution in [-0.4, -0.2) is 36.4 Å². The number of nitrogens with one attached hydrogen (secondary N) is 1. The van der Waals surface area contributed by atoms with Crippen LogP contribution in [-0.2, 0) is 9.59 Å². The Morgan fingerprint density at radius 2 is 1.74 bits per heavy atom. The van der Waals surface area contributed by atoms with Gasteiger partial charge in [-0.1, -0.05) is 0 Å². The maximum atomic E-state index is 11.8. The van der Waals surface area contributed by atoms with Crippen LogP contribution in [0.4, 0.5) is 0 Å². The highest BCUT2D eigenvalue weighted by Gasteiger charge is 2.10. The van der Waals surface area contributed by atoms with Crippen LogP contribution < -0.4 is 14.9 Å². The molecule has 0 unspecified atom stereocenters. The quantitative estimate of drug-likeness (QED) is 0.428. The molecule has 7 nitrogen and oxygen atoms in total. The number of carbonyl (C=O) groups excluding carboxylic acids is 1. The molecule has 0 saturated heterocycles. The molecular formula is C18H16Br2N2O5. The van der Waals surface area contributed by atoms with Gasteiger partial charge in [0.2, 0.25) is 0 Å². The molecule has 0 aliphatic heterocycles. The summed E-state index contributed by atoms with van der Waals surface area (Å²) in [4.78, 5) is 22.3. The molecule has 0 radical (unpaired) electrons. The largest absolute Gasteiger partial charge is 0.482 e. The first-order valence-electron chi connectivity index (χ1n) is 7.70. The molecule has 9 heteroatoms. The van der Waals surface area contributed by atoms with Crippen molar-refractivity contribution in [3.63, 3.8) is 0 Å². The average molecular weight is 500 g/mol. The average Bonchev–Trinajstić information content (AvgIpc) is 2.60. The van der Waals surface area contributed by atoms with Crippen LogP contribution in [0.2, 0.25) is 0 Å². The zero-order valence-corrected chi connectivity index (χ0v) is 17.4. The van der Waals surface area contributed by atoms with Gasteiger partial charge in [-0.2, -0.15) is 5.10 Å². The second-order valence-corrected chi connectivity index (χ2v) is 7.10. The Kier molecular flexibility index (Phi) is 7.81. The lowest BCUT2D eigenvalue weighted by atomic mass is 10.2. The highest BCUT2D eigenvalue weighted by Crippen LogP contribution is 2.34. The van der Waals surface area contributed by atoms with E-state index in [0.29, 0.717) is 17.1 Å². The Hall–Kier alpha value is -2.39. The fourth-order valence-electron chi connectivity index (χ4n) is 1.97. The molecular weight excluding hydrogens is 484 g/mol. The lowest BCUT2D eigenvalue weighted by Crippen LogP contribution is -2.24. The molecule has 0 heterocycles. The number of hydrogen-bond acceptors (Lipinski definition) is 5. The smallest absolute Gasteiger partial charge is 0.341 e. The van der Waals surface area contributed by atoms with Crippen molar-refractivity contribution in [2.45, 2.75) is 6.92 Å². The molecule has 0 bridgehead atoms. The number of benzene rings is 2. The number of carboxylic acid groups (broad SMARTS) is 1. The summed E-state index contributed by atoms with van der Waals surface area (Å²) >= 11 is 6.79. The Bertz CT molecular complexity index is 830. The Morgan fingerprint density at radius 1 is 1.11 bits per heavy atom. The Labute approximate surface area is 172 Å². The second kappa shape index (κ2) is 10.1. The fourth-order valence-corrected chi connectivity index (χ4v) is 3.61. The van der Waals surface area contributed by atoms with E-state index in [0.717, 1.165) is 14.5 Å². The number of nitrogens with zero attached hydrogens (tertiary/aromatic N) is 1. The van der Waals surface area contributed by atoms with Gasteiger partial charge in [0.15, 0.2) is 13.2 Å². The molecule has 142 valence electrons. The first kappa shape index (κ1) is 20.9. The van der Waals surface area contributed by atoms with Gasteiger partial charge in [-0.25, -0.2) is 10.2 Å². The van der Waals surface area contributed by atoms with Crippen molar-refractivity contribution in [2.24, 2.45) is 5.10 Å². The van der Waals surface area contributed by atoms with Crippen LogP contribution in [0.5, 0.6) is 11.5 Å². The van der Waals surface area contributed by atoms with Crippen molar-refractivity contribution in [3.05, 3.63) is 56.5 Å². The van der Waals surface area contributed by atoms with Gasteiger partial charge in [-0.15, -0.1) is 0 Å². The molecule has 0 aliphatic carbocycles. The predicted octanol–water partition coefficient (Wildman–Crippen LogP) is 3.51. The lowest BCUT2D eigenvalue weighted by molar-refractivity contribution is -0.139. The highest BCUT2D eigenvalue weighted by molar-refractivity contribution is 9.11. The second-order valence-electron chi connectivity index (χ2n) is 5.39. The summed E-state index contributed by atoms with van der Waals surface area (Å²) in [6.07, 6.45) is 1.45. The van der Waals surface area contributed by atoms with Gasteiger partial charge >= 0.3 is 5.97 Å². The maximum Gasteiger partial charge on any atom is 0.341 e. The van der Waals surface area contributed by atoms with E-state index in [9.17, 15) is 9.59 Å². The highest BCUT2D eigenvalue weighted by atomic mass is 79.9. The number of aliphatic carboxylic acids is 1. The molecule has 0 saturated carbocycles. The molecule has 1 amide bonds. The van der Waals surface area contributed by atoms with Crippen LogP contribution in [0.25, 0.3) is 0 Å². The molecule has 0 atom stereocenters. The van der Waals surface area contributed by atoms with E-state index in [-0.39, 0.29) is 6.61 Å². The molecule has 2 N–H and O–H groups in total. The summed E-state index contributed by atoms with van der Waals surface area (Å²) in [5.74, 6) is -0.486. The standard InChI is InChI=1S/C18H16Br2N2O5/c1-11-6-14(19)18(15(20)7-11)27-9-16(23)22-21-8-12-2-4-13(5-3-12)26-10-17(24)25/h2-8H,9-10H2,1H3,(H,22,23)(H,24,25)/b21-8+. The summed E-state index contributed by atoms with van der Waals surface area (Å²) in [6, 6.07) is 10.4. The molecule has 2 aromatic carbocycles. The normalized spacial score (nSPS) is 10.6. The van der Waals surface area contributed by atoms with Gasteiger partial charge in [-0.3, -0.25) is 4.79 Å². The van der Waals surface area contributed by atoms with Crippen molar-refractivity contribution in [3.8, 4) is 11.5 Å². The van der Waals surface area contributed by atoms with Crippen molar-refractivity contribution in [1.82, 2.24) is 5.43 Å². The first-order valence-corrected chi connectivity index (χ1v) is 9.29. The first-order chi connectivity index (χ1) is 12.8. The van der Waals surface area contributed by atoms with Gasteiger partial charge in [0.1, 0.15) is 11.5 Å². The lowest BCUT2D eigenvalue weighted by Gasteiger charge is -2.10. The third kappa shape index (κ3) is 7.03. The zero-order valence-electron chi connectivity index (χ0n) is 14.2. The maximum absolute atomic E-state index is 11.8. The minimum absolute atomic E-state index is 0.195. The number of ether oxygens (including phenoxy) is 2. The minimum atomic E-state index is -1.05. The van der Waals surface area contributed by atoms with E-state index in [1.165, 1.54) is 6.21 Å². The topological polar surface area (TPSA) is 97.2 Å². The monoisotopic (exact) mass is 498 g/mol. The minimum Gasteiger partial charge on any atom is -0.482 e. The van der Waals surface area contributed by atoms with Gasteiger partial charge < -0.3 is 14.6 Å². The van der Waals surface area contributed by atoms with E-state index in [4.69, 9.17) is 14.6 Å². The number of rotatable bonds is 8. The third-order valence-corrected chi connectivity index (χ3v) is 4.31. The molecule has 0 fully saturated rings. The number of carboxylic acids is 1. The van der Waals surface area contributed by atoms with E-state index in [1.54, 1.807) is 24.3 Å². The summed E-state index contributed by atoms with van der Waals surface area (Å²) in [5.41, 5.74) is 4.13. The number of carbonyl (C=O) groups is 2. The van der Waals surface area contributed by atoms with Crippen LogP contribution in [0, 0.1) is 6.92 Å².